The number of unbranched alkanes of at least 4 members (excludes halogenated alkanes) is 22. The zero-order valence-electron chi connectivity index (χ0n) is 34.4. The van der Waals surface area contributed by atoms with Gasteiger partial charge in [0.15, 0.2) is 17.0 Å². The van der Waals surface area contributed by atoms with E-state index in [-0.39, 0.29) is 19.3 Å². The second-order valence-corrected chi connectivity index (χ2v) is 17.0. The molecule has 0 aliphatic heterocycles. The molecule has 310 valence electrons. The molecule has 1 N–H and O–H groups in total. The van der Waals surface area contributed by atoms with Crippen molar-refractivity contribution in [1.82, 2.24) is 0 Å². The lowest BCUT2D eigenvalue weighted by molar-refractivity contribution is -0.158. The van der Waals surface area contributed by atoms with Gasteiger partial charge in [-0.2, -0.15) is 8.42 Å². The Hall–Kier alpha value is -2.55. The van der Waals surface area contributed by atoms with Crippen LogP contribution >= 0.6 is 0 Å². The normalized spacial score (nSPS) is 12.7. The molecule has 0 amide bonds. The average Bonchev–Trinajstić information content (AvgIpc) is 3.14. The van der Waals surface area contributed by atoms with E-state index in [1.165, 1.54) is 50.3 Å². The first kappa shape index (κ1) is 49.5. The Morgan fingerprint density at radius 3 is 1.28 bits per heavy atom. The van der Waals surface area contributed by atoms with Crippen molar-refractivity contribution in [3.8, 4) is 5.75 Å². The number of rotatable bonds is 37. The van der Waals surface area contributed by atoms with Gasteiger partial charge in [0, 0.05) is 25.7 Å². The highest BCUT2D eigenvalue weighted by Crippen LogP contribution is 2.36. The molecule has 9 heteroatoms. The van der Waals surface area contributed by atoms with Crippen molar-refractivity contribution in [3.05, 3.63) is 24.3 Å². The summed E-state index contributed by atoms with van der Waals surface area (Å²) in [5, 5.41) is 10.2. The van der Waals surface area contributed by atoms with Crippen LogP contribution in [0, 0.1) is 5.41 Å². The summed E-state index contributed by atoms with van der Waals surface area (Å²) in [6, 6.07) is 5.15. The molecular weight excluding hydrogens is 701 g/mol. The molecule has 0 saturated heterocycles. The first-order valence-corrected chi connectivity index (χ1v) is 23.3. The van der Waals surface area contributed by atoms with E-state index in [9.17, 15) is 32.7 Å². The van der Waals surface area contributed by atoms with Crippen molar-refractivity contribution in [3.63, 3.8) is 0 Å². The van der Waals surface area contributed by atoms with Crippen molar-refractivity contribution in [1.29, 1.82) is 0 Å². The van der Waals surface area contributed by atoms with E-state index >= 15 is 0 Å². The molecule has 1 unspecified atom stereocenters. The molecule has 0 radical (unpaired) electrons. The number of phenolic OH excluding ortho intramolecular Hbond substituents is 1. The summed E-state index contributed by atoms with van der Waals surface area (Å²) in [6.45, 7) is 6.44. The van der Waals surface area contributed by atoms with E-state index in [0.29, 0.717) is 44.3 Å². The lowest BCUT2D eigenvalue weighted by atomic mass is 9.72. The number of phenols is 1. The smallest absolute Gasteiger partial charge is 0.345 e. The zero-order chi connectivity index (χ0) is 39.9. The molecule has 1 atom stereocenters. The molecule has 54 heavy (non-hydrogen) atoms. The number of carbonyl (C=O) groups excluding carboxylic acids is 4. The minimum atomic E-state index is -4.80. The molecule has 0 spiro atoms. The third-order valence-corrected chi connectivity index (χ3v) is 12.0. The molecule has 0 aromatic heterocycles. The van der Waals surface area contributed by atoms with Gasteiger partial charge < -0.3 is 9.29 Å². The van der Waals surface area contributed by atoms with Crippen molar-refractivity contribution in [2.45, 2.75) is 225 Å². The third-order valence-electron chi connectivity index (χ3n) is 10.7. The van der Waals surface area contributed by atoms with Gasteiger partial charge in [0.25, 0.3) is 0 Å². The topological polar surface area (TPSA) is 132 Å². The Labute approximate surface area is 329 Å². The summed E-state index contributed by atoms with van der Waals surface area (Å²) in [5.74, 6) is -2.67. The first-order valence-electron chi connectivity index (χ1n) is 21.9. The van der Waals surface area contributed by atoms with E-state index in [0.717, 1.165) is 115 Å². The minimum Gasteiger partial charge on any atom is -0.506 e. The lowest BCUT2D eigenvalue weighted by Crippen LogP contribution is -2.48. The van der Waals surface area contributed by atoms with Crippen LogP contribution in [0.4, 0.5) is 0 Å². The third kappa shape index (κ3) is 20.4. The maximum absolute atomic E-state index is 14.1. The molecule has 0 saturated carbocycles. The molecule has 1 aromatic carbocycles. The fourth-order valence-electron chi connectivity index (χ4n) is 7.21. The zero-order valence-corrected chi connectivity index (χ0v) is 35.3. The number of hydrogen-bond donors (Lipinski definition) is 1. The molecule has 0 fully saturated rings. The van der Waals surface area contributed by atoms with Crippen molar-refractivity contribution >= 4 is 33.4 Å². The monoisotopic (exact) mass is 777 g/mol. The van der Waals surface area contributed by atoms with Crippen LogP contribution in [0.15, 0.2) is 29.2 Å². The van der Waals surface area contributed by atoms with Crippen LogP contribution in [0.3, 0.4) is 0 Å². The maximum Gasteiger partial charge on any atom is 0.345 e. The highest BCUT2D eigenvalue weighted by Gasteiger charge is 2.53. The Kier molecular flexibility index (Phi) is 28.1. The predicted octanol–water partition coefficient (Wildman–Crippen LogP) is 12.5. The van der Waals surface area contributed by atoms with Crippen LogP contribution in [-0.4, -0.2) is 36.8 Å². The van der Waals surface area contributed by atoms with Gasteiger partial charge in [0.05, 0.1) is 0 Å². The van der Waals surface area contributed by atoms with Gasteiger partial charge in [0.2, 0.25) is 0 Å². The molecule has 0 bridgehead atoms. The summed E-state index contributed by atoms with van der Waals surface area (Å²) in [6.07, 6.45) is 26.4. The Morgan fingerprint density at radius 1 is 0.519 bits per heavy atom. The van der Waals surface area contributed by atoms with Crippen molar-refractivity contribution < 1.29 is 36.9 Å². The molecule has 8 nitrogen and oxygen atoms in total. The second kappa shape index (κ2) is 30.6. The van der Waals surface area contributed by atoms with E-state index in [2.05, 4.69) is 20.8 Å². The van der Waals surface area contributed by atoms with Crippen LogP contribution in [0.25, 0.3) is 0 Å². The average molecular weight is 777 g/mol. The van der Waals surface area contributed by atoms with E-state index in [1.54, 1.807) is 0 Å². The Morgan fingerprint density at radius 2 is 0.870 bits per heavy atom. The van der Waals surface area contributed by atoms with Gasteiger partial charge in [-0.25, -0.2) is 4.79 Å². The van der Waals surface area contributed by atoms with E-state index in [1.807, 2.05) is 0 Å². The predicted molar refractivity (Wildman–Crippen MR) is 219 cm³/mol. The summed E-state index contributed by atoms with van der Waals surface area (Å²) < 4.78 is 31.6. The van der Waals surface area contributed by atoms with Gasteiger partial charge in [0.1, 0.15) is 16.4 Å². The van der Waals surface area contributed by atoms with Crippen LogP contribution < -0.4 is 0 Å². The van der Waals surface area contributed by atoms with Crippen LogP contribution in [-0.2, 0) is 33.5 Å². The number of Topliss-reactive ketones (excluding diaryl/α,β-unsaturated/α-hetero) is 3. The van der Waals surface area contributed by atoms with Gasteiger partial charge in [-0.1, -0.05) is 174 Å². The van der Waals surface area contributed by atoms with E-state index < -0.39 is 43.7 Å². The molecule has 0 heterocycles. The van der Waals surface area contributed by atoms with Crippen LogP contribution in [0.2, 0.25) is 0 Å². The summed E-state index contributed by atoms with van der Waals surface area (Å²) in [7, 11) is -4.80. The number of para-hydroxylation sites is 1. The van der Waals surface area contributed by atoms with Crippen LogP contribution in [0.1, 0.15) is 220 Å². The first-order chi connectivity index (χ1) is 26.1. The lowest BCUT2D eigenvalue weighted by Gasteiger charge is -2.29. The number of ketones is 3. The quantitative estimate of drug-likeness (QED) is 0.0401. The second-order valence-electron chi connectivity index (χ2n) is 15.5. The Balaban J connectivity index is 2.86. The molecule has 0 aliphatic rings. The summed E-state index contributed by atoms with van der Waals surface area (Å²) in [4.78, 5) is 53.9. The molecular formula is C45H76O8S. The molecule has 0 aliphatic carbocycles. The SMILES string of the molecule is CCCCCCCCCC(=O)CCCCCCCCCCC(C(=O)CCCCCCC)(C(=O)CCCCCCCC)C(=O)OS(=O)(=O)c1ccccc1O. The van der Waals surface area contributed by atoms with Gasteiger partial charge >= 0.3 is 16.1 Å². The van der Waals surface area contributed by atoms with Gasteiger partial charge in [-0.05, 0) is 44.2 Å². The number of carbonyl (C=O) groups is 4. The highest BCUT2D eigenvalue weighted by molar-refractivity contribution is 7.87. The van der Waals surface area contributed by atoms with Crippen molar-refractivity contribution in [2.24, 2.45) is 5.41 Å². The standard InChI is InChI=1S/C45H76O8S/c1-4-7-10-13-17-21-25-32-39(46)33-26-22-18-15-16-19-24-31-38-45(42(48)36-27-20-12-9-6-3,43(49)37-28-23-14-11-8-5-2)44(50)53-54(51,52)41-35-30-29-34-40(41)47/h29-30,34-35,47H,4-28,31-33,36-38H2,1-3H3. The fourth-order valence-corrected chi connectivity index (χ4v) is 8.21. The van der Waals surface area contributed by atoms with Crippen molar-refractivity contribution in [2.75, 3.05) is 0 Å². The molecule has 1 rings (SSSR count). The summed E-state index contributed by atoms with van der Waals surface area (Å²) >= 11 is 0. The fraction of sp³-hybridized carbons (Fsp3) is 0.778. The minimum absolute atomic E-state index is 0.000755. The number of hydrogen-bond acceptors (Lipinski definition) is 8. The van der Waals surface area contributed by atoms with Crippen LogP contribution in [0.5, 0.6) is 5.75 Å². The summed E-state index contributed by atoms with van der Waals surface area (Å²) in [5.41, 5.74) is -2.20. The number of benzene rings is 1. The highest BCUT2D eigenvalue weighted by atomic mass is 32.2. The maximum atomic E-state index is 14.1. The Bertz CT molecular complexity index is 1290. The largest absolute Gasteiger partial charge is 0.506 e. The van der Waals surface area contributed by atoms with E-state index in [4.69, 9.17) is 4.18 Å². The number of aromatic hydroxyl groups is 1. The molecule has 1 aromatic rings. The van der Waals surface area contributed by atoms with Gasteiger partial charge in [-0.3, -0.25) is 14.4 Å². The van der Waals surface area contributed by atoms with Gasteiger partial charge in [-0.15, -0.1) is 0 Å².